The SMILES string of the molecule is CCCCCCCCCCOC(=O)c1ccccc1-c1cccc(C)c1. The van der Waals surface area contributed by atoms with E-state index in [1.807, 2.05) is 36.4 Å². The summed E-state index contributed by atoms with van der Waals surface area (Å²) < 4.78 is 5.53. The lowest BCUT2D eigenvalue weighted by molar-refractivity contribution is 0.0498. The number of rotatable bonds is 11. The van der Waals surface area contributed by atoms with E-state index in [0.717, 1.165) is 24.0 Å². The highest BCUT2D eigenvalue weighted by Gasteiger charge is 2.13. The molecule has 0 saturated carbocycles. The van der Waals surface area contributed by atoms with E-state index in [0.29, 0.717) is 12.2 Å². The second kappa shape index (κ2) is 11.5. The van der Waals surface area contributed by atoms with Crippen LogP contribution in [0, 0.1) is 6.92 Å². The Labute approximate surface area is 158 Å². The molecule has 0 unspecified atom stereocenters. The Morgan fingerprint density at radius 3 is 2.27 bits per heavy atom. The first kappa shape index (κ1) is 20.2. The molecule has 0 aliphatic rings. The van der Waals surface area contributed by atoms with Gasteiger partial charge in [-0.1, -0.05) is 99.9 Å². The van der Waals surface area contributed by atoms with E-state index >= 15 is 0 Å². The molecule has 0 fully saturated rings. The predicted octanol–water partition coefficient (Wildman–Crippen LogP) is 6.96. The number of esters is 1. The van der Waals surface area contributed by atoms with Gasteiger partial charge in [-0.2, -0.15) is 0 Å². The molecule has 0 atom stereocenters. The second-order valence-corrected chi connectivity index (χ2v) is 7.03. The molecule has 0 bridgehead atoms. The topological polar surface area (TPSA) is 26.3 Å². The van der Waals surface area contributed by atoms with E-state index in [9.17, 15) is 4.79 Å². The Morgan fingerprint density at radius 2 is 1.54 bits per heavy atom. The summed E-state index contributed by atoms with van der Waals surface area (Å²) in [6, 6.07) is 15.9. The normalized spacial score (nSPS) is 10.7. The number of benzene rings is 2. The summed E-state index contributed by atoms with van der Waals surface area (Å²) in [5, 5.41) is 0. The van der Waals surface area contributed by atoms with Gasteiger partial charge in [0.05, 0.1) is 12.2 Å². The van der Waals surface area contributed by atoms with Crippen LogP contribution in [-0.4, -0.2) is 12.6 Å². The van der Waals surface area contributed by atoms with Gasteiger partial charge in [-0.15, -0.1) is 0 Å². The zero-order valence-electron chi connectivity index (χ0n) is 16.3. The first-order chi connectivity index (χ1) is 12.7. The van der Waals surface area contributed by atoms with Gasteiger partial charge in [0.25, 0.3) is 0 Å². The maximum Gasteiger partial charge on any atom is 0.338 e. The average molecular weight is 353 g/mol. The fourth-order valence-electron chi connectivity index (χ4n) is 3.20. The highest BCUT2D eigenvalue weighted by atomic mass is 16.5. The highest BCUT2D eigenvalue weighted by Crippen LogP contribution is 2.25. The number of hydrogen-bond acceptors (Lipinski definition) is 2. The van der Waals surface area contributed by atoms with Gasteiger partial charge in [0.1, 0.15) is 0 Å². The minimum Gasteiger partial charge on any atom is -0.462 e. The van der Waals surface area contributed by atoms with E-state index in [-0.39, 0.29) is 5.97 Å². The van der Waals surface area contributed by atoms with Crippen molar-refractivity contribution in [1.29, 1.82) is 0 Å². The Morgan fingerprint density at radius 1 is 0.846 bits per heavy atom. The molecule has 0 radical (unpaired) electrons. The predicted molar refractivity (Wildman–Crippen MR) is 110 cm³/mol. The summed E-state index contributed by atoms with van der Waals surface area (Å²) >= 11 is 0. The van der Waals surface area contributed by atoms with Gasteiger partial charge < -0.3 is 4.74 Å². The van der Waals surface area contributed by atoms with Crippen molar-refractivity contribution >= 4 is 5.97 Å². The Kier molecular flexibility index (Phi) is 8.95. The van der Waals surface area contributed by atoms with Crippen molar-refractivity contribution in [2.24, 2.45) is 0 Å². The van der Waals surface area contributed by atoms with Gasteiger partial charge in [-0.25, -0.2) is 4.79 Å². The standard InChI is InChI=1S/C24H32O2/c1-3-4-5-6-7-8-9-12-18-26-24(25)23-17-11-10-16-22(23)21-15-13-14-20(2)19-21/h10-11,13-17,19H,3-9,12,18H2,1-2H3. The number of aryl methyl sites for hydroxylation is 1. The summed E-state index contributed by atoms with van der Waals surface area (Å²) in [6.07, 6.45) is 9.94. The van der Waals surface area contributed by atoms with Crippen molar-refractivity contribution in [2.45, 2.75) is 65.2 Å². The molecule has 0 aliphatic carbocycles. The lowest BCUT2D eigenvalue weighted by atomic mass is 9.98. The molecule has 2 aromatic carbocycles. The molecule has 0 spiro atoms. The molecule has 0 aromatic heterocycles. The van der Waals surface area contributed by atoms with Crippen LogP contribution in [0.4, 0.5) is 0 Å². The van der Waals surface area contributed by atoms with Crippen LogP contribution in [0.1, 0.15) is 74.2 Å². The van der Waals surface area contributed by atoms with Gasteiger partial charge in [0, 0.05) is 0 Å². The summed E-state index contributed by atoms with van der Waals surface area (Å²) in [7, 11) is 0. The van der Waals surface area contributed by atoms with Crippen molar-refractivity contribution in [1.82, 2.24) is 0 Å². The number of carbonyl (C=O) groups is 1. The first-order valence-electron chi connectivity index (χ1n) is 10.1. The van der Waals surface area contributed by atoms with Crippen molar-refractivity contribution < 1.29 is 9.53 Å². The minimum atomic E-state index is -0.218. The Balaban J connectivity index is 1.80. The monoisotopic (exact) mass is 352 g/mol. The number of unbranched alkanes of at least 4 members (excludes halogenated alkanes) is 7. The van der Waals surface area contributed by atoms with E-state index in [2.05, 4.69) is 26.0 Å². The maximum atomic E-state index is 12.5. The summed E-state index contributed by atoms with van der Waals surface area (Å²) in [6.45, 7) is 4.81. The molecule has 2 heteroatoms. The van der Waals surface area contributed by atoms with Gasteiger partial charge in [0.2, 0.25) is 0 Å². The third-order valence-electron chi connectivity index (χ3n) is 4.71. The summed E-state index contributed by atoms with van der Waals surface area (Å²) in [5.74, 6) is -0.218. The van der Waals surface area contributed by atoms with E-state index in [1.54, 1.807) is 0 Å². The van der Waals surface area contributed by atoms with Crippen LogP contribution in [0.15, 0.2) is 48.5 Å². The van der Waals surface area contributed by atoms with Crippen LogP contribution in [-0.2, 0) is 4.74 Å². The third-order valence-corrected chi connectivity index (χ3v) is 4.71. The Hall–Kier alpha value is -2.09. The third kappa shape index (κ3) is 6.67. The van der Waals surface area contributed by atoms with Crippen molar-refractivity contribution in [2.75, 3.05) is 6.61 Å². The van der Waals surface area contributed by atoms with Crippen LogP contribution >= 0.6 is 0 Å². The molecule has 2 aromatic rings. The highest BCUT2D eigenvalue weighted by molar-refractivity contribution is 5.97. The molecule has 140 valence electrons. The zero-order chi connectivity index (χ0) is 18.6. The summed E-state index contributed by atoms with van der Waals surface area (Å²) in [5.41, 5.74) is 3.84. The molecule has 0 aliphatic heterocycles. The minimum absolute atomic E-state index is 0.218. The lowest BCUT2D eigenvalue weighted by Crippen LogP contribution is -2.08. The largest absolute Gasteiger partial charge is 0.462 e. The van der Waals surface area contributed by atoms with E-state index in [1.165, 1.54) is 44.1 Å². The van der Waals surface area contributed by atoms with E-state index in [4.69, 9.17) is 4.74 Å². The molecule has 26 heavy (non-hydrogen) atoms. The molecule has 2 rings (SSSR count). The molecule has 0 N–H and O–H groups in total. The molecule has 0 amide bonds. The molecule has 0 heterocycles. The summed E-state index contributed by atoms with van der Waals surface area (Å²) in [4.78, 5) is 12.5. The van der Waals surface area contributed by atoms with Gasteiger partial charge in [-0.3, -0.25) is 0 Å². The van der Waals surface area contributed by atoms with Crippen LogP contribution in [0.2, 0.25) is 0 Å². The van der Waals surface area contributed by atoms with Gasteiger partial charge in [-0.05, 0) is 30.5 Å². The quantitative estimate of drug-likeness (QED) is 0.323. The smallest absolute Gasteiger partial charge is 0.338 e. The molecule has 0 saturated heterocycles. The second-order valence-electron chi connectivity index (χ2n) is 7.03. The average Bonchev–Trinajstić information content (AvgIpc) is 2.66. The van der Waals surface area contributed by atoms with Gasteiger partial charge >= 0.3 is 5.97 Å². The van der Waals surface area contributed by atoms with Crippen LogP contribution in [0.3, 0.4) is 0 Å². The zero-order valence-corrected chi connectivity index (χ0v) is 16.3. The first-order valence-corrected chi connectivity index (χ1v) is 10.1. The van der Waals surface area contributed by atoms with Crippen LogP contribution < -0.4 is 0 Å². The van der Waals surface area contributed by atoms with Crippen LogP contribution in [0.25, 0.3) is 11.1 Å². The number of ether oxygens (including phenoxy) is 1. The Bertz CT molecular complexity index is 675. The fraction of sp³-hybridized carbons (Fsp3) is 0.458. The molecule has 2 nitrogen and oxygen atoms in total. The van der Waals surface area contributed by atoms with Gasteiger partial charge in [0.15, 0.2) is 0 Å². The lowest BCUT2D eigenvalue weighted by Gasteiger charge is -2.10. The fourth-order valence-corrected chi connectivity index (χ4v) is 3.20. The van der Waals surface area contributed by atoms with E-state index < -0.39 is 0 Å². The van der Waals surface area contributed by atoms with Crippen molar-refractivity contribution in [3.05, 3.63) is 59.7 Å². The number of hydrogen-bond donors (Lipinski definition) is 0. The molecular formula is C24H32O2. The van der Waals surface area contributed by atoms with Crippen molar-refractivity contribution in [3.63, 3.8) is 0 Å². The maximum absolute atomic E-state index is 12.5. The molecular weight excluding hydrogens is 320 g/mol. The van der Waals surface area contributed by atoms with Crippen molar-refractivity contribution in [3.8, 4) is 11.1 Å². The van der Waals surface area contributed by atoms with Crippen LogP contribution in [0.5, 0.6) is 0 Å². The number of carbonyl (C=O) groups excluding carboxylic acids is 1.